The maximum atomic E-state index is 7.27. The van der Waals surface area contributed by atoms with Crippen molar-refractivity contribution in [3.05, 3.63) is 30.7 Å². The van der Waals surface area contributed by atoms with Gasteiger partial charge < -0.3 is 10.2 Å². The highest BCUT2D eigenvalue weighted by Crippen LogP contribution is 2.18. The van der Waals surface area contributed by atoms with E-state index in [0.717, 1.165) is 10.8 Å². The summed E-state index contributed by atoms with van der Waals surface area (Å²) in [6.07, 6.45) is 3.32. The average Bonchev–Trinajstić information content (AvgIpc) is 2.33. The van der Waals surface area contributed by atoms with Gasteiger partial charge in [-0.2, -0.15) is 0 Å². The van der Waals surface area contributed by atoms with E-state index in [9.17, 15) is 0 Å². The lowest BCUT2D eigenvalue weighted by molar-refractivity contribution is 0.572. The summed E-state index contributed by atoms with van der Waals surface area (Å²) in [5, 5.41) is 2.04. The highest BCUT2D eigenvalue weighted by molar-refractivity contribution is 5.83. The van der Waals surface area contributed by atoms with Gasteiger partial charge in [-0.1, -0.05) is 0 Å². The van der Waals surface area contributed by atoms with Crippen LogP contribution in [0.25, 0.3) is 10.8 Å². The van der Waals surface area contributed by atoms with Gasteiger partial charge in [-0.05, 0) is 18.2 Å². The van der Waals surface area contributed by atoms with Crippen molar-refractivity contribution >= 4 is 16.5 Å². The number of benzene rings is 1. The molecule has 0 aliphatic rings. The Morgan fingerprint density at radius 1 is 1.10 bits per heavy atom. The normalized spacial score (nSPS) is 10.4. The van der Waals surface area contributed by atoms with E-state index in [4.69, 9.17) is 10.2 Å². The molecule has 1 heterocycles. The first-order valence-electron chi connectivity index (χ1n) is 3.04. The molecule has 2 rings (SSSR count). The molecule has 0 saturated heterocycles. The van der Waals surface area contributed by atoms with Crippen LogP contribution in [0.2, 0.25) is 0 Å². The minimum absolute atomic E-state index is 0.522. The monoisotopic (exact) mass is 132 g/mol. The molecule has 1 aromatic carbocycles. The first-order chi connectivity index (χ1) is 4.86. The third-order valence-corrected chi connectivity index (χ3v) is 1.48. The van der Waals surface area contributed by atoms with Crippen LogP contribution in [0, 0.1) is 0 Å². The second-order valence-corrected chi connectivity index (χ2v) is 2.22. The third kappa shape index (κ3) is 0.658. The summed E-state index contributed by atoms with van der Waals surface area (Å²) < 4.78 is 4.94. The third-order valence-electron chi connectivity index (χ3n) is 1.48. The molecule has 1 radical (unpaired) electrons. The van der Waals surface area contributed by atoms with Crippen LogP contribution in [0.15, 0.2) is 35.1 Å². The molecule has 0 fully saturated rings. The van der Waals surface area contributed by atoms with E-state index in [1.165, 1.54) is 0 Å². The molecule has 0 aliphatic heterocycles. The summed E-state index contributed by atoms with van der Waals surface area (Å²) in [5.74, 6) is 0. The van der Waals surface area contributed by atoms with Gasteiger partial charge in [0.25, 0.3) is 0 Å². The van der Waals surface area contributed by atoms with Gasteiger partial charge >= 0.3 is 0 Å². The molecule has 10 heavy (non-hydrogen) atoms. The summed E-state index contributed by atoms with van der Waals surface area (Å²) in [6.45, 7) is 0. The van der Waals surface area contributed by atoms with E-state index >= 15 is 0 Å². The van der Waals surface area contributed by atoms with Crippen LogP contribution in [0.1, 0.15) is 0 Å². The molecule has 0 atom stereocenters. The topological polar surface area (TPSA) is 36.9 Å². The number of rotatable bonds is 0. The molecule has 2 nitrogen and oxygen atoms in total. The molecule has 0 saturated carbocycles. The van der Waals surface area contributed by atoms with E-state index in [1.807, 2.05) is 6.07 Å². The minimum Gasteiger partial charge on any atom is -0.471 e. The Bertz CT molecular complexity index is 351. The SMILES string of the molecule is [NH]c1ccc2cocc2c1. The molecule has 2 aromatic rings. The summed E-state index contributed by atoms with van der Waals surface area (Å²) in [6, 6.07) is 5.40. The molecule has 0 amide bonds. The van der Waals surface area contributed by atoms with Gasteiger partial charge in [0.15, 0.2) is 0 Å². The van der Waals surface area contributed by atoms with Crippen molar-refractivity contribution in [2.45, 2.75) is 0 Å². The van der Waals surface area contributed by atoms with Crippen molar-refractivity contribution in [2.24, 2.45) is 0 Å². The summed E-state index contributed by atoms with van der Waals surface area (Å²) in [4.78, 5) is 0. The second-order valence-electron chi connectivity index (χ2n) is 2.22. The van der Waals surface area contributed by atoms with Crippen LogP contribution in [0.5, 0.6) is 0 Å². The molecular formula is C8H6NO. The van der Waals surface area contributed by atoms with Gasteiger partial charge in [-0.15, -0.1) is 0 Å². The second kappa shape index (κ2) is 1.77. The van der Waals surface area contributed by atoms with E-state index in [2.05, 4.69) is 0 Å². The first kappa shape index (κ1) is 5.35. The maximum absolute atomic E-state index is 7.27. The Balaban J connectivity index is 2.86. The summed E-state index contributed by atoms with van der Waals surface area (Å²) in [5.41, 5.74) is 7.80. The number of fused-ring (bicyclic) bond motifs is 1. The fourth-order valence-electron chi connectivity index (χ4n) is 0.965. The van der Waals surface area contributed by atoms with E-state index < -0.39 is 0 Å². The smallest absolute Gasteiger partial charge is 0.0982 e. The predicted octanol–water partition coefficient (Wildman–Crippen LogP) is 2.35. The average molecular weight is 132 g/mol. The molecule has 0 aliphatic carbocycles. The van der Waals surface area contributed by atoms with Crippen LogP contribution >= 0.6 is 0 Å². The number of furan rings is 1. The molecular weight excluding hydrogens is 126 g/mol. The lowest BCUT2D eigenvalue weighted by atomic mass is 10.2. The van der Waals surface area contributed by atoms with Crippen LogP contribution in [0.4, 0.5) is 5.69 Å². The van der Waals surface area contributed by atoms with E-state index in [-0.39, 0.29) is 0 Å². The first-order valence-corrected chi connectivity index (χ1v) is 3.04. The van der Waals surface area contributed by atoms with Crippen molar-refractivity contribution < 1.29 is 4.42 Å². The highest BCUT2D eigenvalue weighted by atomic mass is 16.3. The maximum Gasteiger partial charge on any atom is 0.0982 e. The fraction of sp³-hybridized carbons (Fsp3) is 0. The van der Waals surface area contributed by atoms with Gasteiger partial charge in [0, 0.05) is 10.8 Å². The van der Waals surface area contributed by atoms with E-state index in [1.54, 1.807) is 24.7 Å². The van der Waals surface area contributed by atoms with Gasteiger partial charge in [0.1, 0.15) is 0 Å². The number of hydrogen-bond donors (Lipinski definition) is 0. The minimum atomic E-state index is 0.522. The van der Waals surface area contributed by atoms with Crippen LogP contribution < -0.4 is 5.73 Å². The standard InChI is InChI=1S/C8H6NO/c9-8-2-1-6-4-10-5-7(6)3-8/h1-5,9H. The quantitative estimate of drug-likeness (QED) is 0.542. The molecule has 1 N–H and O–H groups in total. The van der Waals surface area contributed by atoms with Gasteiger partial charge in [-0.25, -0.2) is 0 Å². The molecule has 0 bridgehead atoms. The Labute approximate surface area is 58.2 Å². The Hall–Kier alpha value is -1.44. The van der Waals surface area contributed by atoms with Gasteiger partial charge in [-0.3, -0.25) is 0 Å². The van der Waals surface area contributed by atoms with Crippen LogP contribution in [0.3, 0.4) is 0 Å². The fourth-order valence-corrected chi connectivity index (χ4v) is 0.965. The largest absolute Gasteiger partial charge is 0.471 e. The van der Waals surface area contributed by atoms with Crippen molar-refractivity contribution in [3.8, 4) is 0 Å². The van der Waals surface area contributed by atoms with Gasteiger partial charge in [0.2, 0.25) is 0 Å². The highest BCUT2D eigenvalue weighted by Gasteiger charge is 1.93. The predicted molar refractivity (Wildman–Crippen MR) is 39.0 cm³/mol. The Morgan fingerprint density at radius 3 is 2.80 bits per heavy atom. The number of nitrogens with one attached hydrogen (secondary N) is 1. The summed E-state index contributed by atoms with van der Waals surface area (Å²) in [7, 11) is 0. The molecule has 49 valence electrons. The zero-order chi connectivity index (χ0) is 6.97. The van der Waals surface area contributed by atoms with Gasteiger partial charge in [0.05, 0.1) is 18.2 Å². The lowest BCUT2D eigenvalue weighted by Crippen LogP contribution is -1.66. The van der Waals surface area contributed by atoms with Crippen molar-refractivity contribution in [1.82, 2.24) is 5.73 Å². The molecule has 1 aromatic heterocycles. The van der Waals surface area contributed by atoms with Crippen LogP contribution in [-0.2, 0) is 0 Å². The molecule has 2 heteroatoms. The van der Waals surface area contributed by atoms with E-state index in [0.29, 0.717) is 5.69 Å². The molecule has 0 unspecified atom stereocenters. The lowest BCUT2D eigenvalue weighted by Gasteiger charge is -1.87. The zero-order valence-corrected chi connectivity index (χ0v) is 5.29. The van der Waals surface area contributed by atoms with Crippen molar-refractivity contribution in [3.63, 3.8) is 0 Å². The number of hydrogen-bond acceptors (Lipinski definition) is 1. The van der Waals surface area contributed by atoms with Crippen molar-refractivity contribution in [2.75, 3.05) is 0 Å². The van der Waals surface area contributed by atoms with Crippen molar-refractivity contribution in [1.29, 1.82) is 0 Å². The Morgan fingerprint density at radius 2 is 1.90 bits per heavy atom. The Kier molecular flexibility index (Phi) is 0.947. The molecule has 0 spiro atoms. The summed E-state index contributed by atoms with van der Waals surface area (Å²) >= 11 is 0. The van der Waals surface area contributed by atoms with Crippen LogP contribution in [-0.4, -0.2) is 0 Å². The zero-order valence-electron chi connectivity index (χ0n) is 5.29.